The first-order valence-electron chi connectivity index (χ1n) is 6.46. The highest BCUT2D eigenvalue weighted by Crippen LogP contribution is 2.33. The van der Waals surface area contributed by atoms with Gasteiger partial charge in [0.05, 0.1) is 23.9 Å². The molecule has 3 aromatic rings. The molecule has 0 amide bonds. The minimum Gasteiger partial charge on any atom is -0.497 e. The maximum atomic E-state index is 6.36. The van der Waals surface area contributed by atoms with Gasteiger partial charge in [0.2, 0.25) is 0 Å². The molecule has 4 heteroatoms. The number of fused-ring (bicyclic) bond motifs is 1. The van der Waals surface area contributed by atoms with Crippen LogP contribution >= 0.6 is 11.6 Å². The number of nitrogens with zero attached hydrogens (tertiary/aromatic N) is 2. The Hall–Kier alpha value is -2.00. The molecular weight excluding hydrogens is 272 g/mol. The number of hydrogen-bond donors (Lipinski definition) is 0. The molecule has 102 valence electrons. The van der Waals surface area contributed by atoms with Crippen molar-refractivity contribution in [2.45, 2.75) is 12.3 Å². The summed E-state index contributed by atoms with van der Waals surface area (Å²) in [6, 6.07) is 13.8. The summed E-state index contributed by atoms with van der Waals surface area (Å²) in [4.78, 5) is 4.70. The van der Waals surface area contributed by atoms with Crippen molar-refractivity contribution in [1.82, 2.24) is 9.38 Å². The molecule has 0 saturated carbocycles. The number of hydrogen-bond acceptors (Lipinski definition) is 2. The Morgan fingerprint density at radius 1 is 1.20 bits per heavy atom. The van der Waals surface area contributed by atoms with E-state index in [-0.39, 0.29) is 5.38 Å². The molecule has 0 fully saturated rings. The third kappa shape index (κ3) is 2.14. The van der Waals surface area contributed by atoms with Gasteiger partial charge in [0, 0.05) is 11.8 Å². The van der Waals surface area contributed by atoms with Crippen LogP contribution in [-0.4, -0.2) is 16.5 Å². The van der Waals surface area contributed by atoms with Crippen molar-refractivity contribution in [2.24, 2.45) is 0 Å². The van der Waals surface area contributed by atoms with Gasteiger partial charge in [-0.3, -0.25) is 0 Å². The predicted octanol–water partition coefficient (Wildman–Crippen LogP) is 4.31. The van der Waals surface area contributed by atoms with Crippen molar-refractivity contribution < 1.29 is 4.74 Å². The summed E-state index contributed by atoms with van der Waals surface area (Å²) in [5, 5.41) is -0.131. The van der Waals surface area contributed by atoms with Gasteiger partial charge in [-0.05, 0) is 31.2 Å². The Kier molecular flexibility index (Phi) is 3.36. The van der Waals surface area contributed by atoms with Gasteiger partial charge in [0.25, 0.3) is 0 Å². The summed E-state index contributed by atoms with van der Waals surface area (Å²) in [7, 11) is 1.66. The summed E-state index contributed by atoms with van der Waals surface area (Å²) in [5.41, 5.74) is 3.80. The lowest BCUT2D eigenvalue weighted by Crippen LogP contribution is -1.95. The first-order valence-corrected chi connectivity index (χ1v) is 6.90. The normalized spacial score (nSPS) is 12.6. The van der Waals surface area contributed by atoms with Crippen LogP contribution in [0, 0.1) is 0 Å². The zero-order chi connectivity index (χ0) is 14.1. The second kappa shape index (κ2) is 5.17. The van der Waals surface area contributed by atoms with E-state index >= 15 is 0 Å². The second-order valence-corrected chi connectivity index (χ2v) is 5.28. The summed E-state index contributed by atoms with van der Waals surface area (Å²) in [5.74, 6) is 0.813. The van der Waals surface area contributed by atoms with Crippen molar-refractivity contribution in [3.63, 3.8) is 0 Å². The van der Waals surface area contributed by atoms with Crippen LogP contribution < -0.4 is 4.74 Å². The monoisotopic (exact) mass is 286 g/mol. The van der Waals surface area contributed by atoms with Crippen molar-refractivity contribution in [2.75, 3.05) is 7.11 Å². The average molecular weight is 287 g/mol. The molecule has 2 heterocycles. The number of rotatable bonds is 3. The molecule has 3 rings (SSSR count). The van der Waals surface area contributed by atoms with E-state index in [1.54, 1.807) is 7.11 Å². The highest BCUT2D eigenvalue weighted by molar-refractivity contribution is 6.20. The van der Waals surface area contributed by atoms with Crippen LogP contribution in [0.3, 0.4) is 0 Å². The summed E-state index contributed by atoms with van der Waals surface area (Å²) >= 11 is 6.36. The number of imidazole rings is 1. The van der Waals surface area contributed by atoms with Gasteiger partial charge in [-0.1, -0.05) is 18.2 Å². The van der Waals surface area contributed by atoms with E-state index in [0.29, 0.717) is 0 Å². The van der Waals surface area contributed by atoms with E-state index in [0.717, 1.165) is 28.3 Å². The smallest absolute Gasteiger partial charge is 0.137 e. The zero-order valence-electron chi connectivity index (χ0n) is 11.4. The Labute approximate surface area is 122 Å². The van der Waals surface area contributed by atoms with Gasteiger partial charge in [-0.15, -0.1) is 11.6 Å². The zero-order valence-corrected chi connectivity index (χ0v) is 12.1. The number of halogens is 1. The van der Waals surface area contributed by atoms with E-state index in [1.165, 1.54) is 0 Å². The average Bonchev–Trinajstić information content (AvgIpc) is 2.87. The lowest BCUT2D eigenvalue weighted by molar-refractivity contribution is 0.415. The molecule has 0 N–H and O–H groups in total. The molecule has 2 aromatic heterocycles. The predicted molar refractivity (Wildman–Crippen MR) is 81.4 cm³/mol. The lowest BCUT2D eigenvalue weighted by Gasteiger charge is -2.08. The van der Waals surface area contributed by atoms with Gasteiger partial charge >= 0.3 is 0 Å². The minimum absolute atomic E-state index is 0.131. The molecule has 0 radical (unpaired) electrons. The number of benzene rings is 1. The number of alkyl halides is 1. The van der Waals surface area contributed by atoms with Crippen molar-refractivity contribution in [3.05, 3.63) is 54.4 Å². The van der Waals surface area contributed by atoms with Crippen molar-refractivity contribution >= 4 is 17.2 Å². The second-order valence-electron chi connectivity index (χ2n) is 4.62. The molecule has 0 saturated heterocycles. The number of pyridine rings is 1. The minimum atomic E-state index is -0.131. The summed E-state index contributed by atoms with van der Waals surface area (Å²) in [6.07, 6.45) is 1.99. The summed E-state index contributed by atoms with van der Waals surface area (Å²) in [6.45, 7) is 1.96. The third-order valence-electron chi connectivity index (χ3n) is 3.29. The number of methoxy groups -OCH3 is 1. The van der Waals surface area contributed by atoms with Gasteiger partial charge in [0.1, 0.15) is 11.4 Å². The van der Waals surface area contributed by atoms with E-state index < -0.39 is 0 Å². The van der Waals surface area contributed by atoms with Crippen molar-refractivity contribution in [1.29, 1.82) is 0 Å². The standard InChI is InChI=1S/C16H15ClN2O/c1-11(17)16-15(12-6-5-7-13(10-12)20-2)18-14-8-3-4-9-19(14)16/h3-11H,1-2H3. The quantitative estimate of drug-likeness (QED) is 0.671. The first-order chi connectivity index (χ1) is 9.70. The van der Waals surface area contributed by atoms with Crippen LogP contribution in [0.25, 0.3) is 16.9 Å². The van der Waals surface area contributed by atoms with Gasteiger partial charge in [-0.25, -0.2) is 4.98 Å². The molecule has 0 bridgehead atoms. The highest BCUT2D eigenvalue weighted by Gasteiger charge is 2.17. The third-order valence-corrected chi connectivity index (χ3v) is 3.49. The molecule has 0 aliphatic rings. The van der Waals surface area contributed by atoms with Crippen LogP contribution in [0.2, 0.25) is 0 Å². The molecule has 0 aliphatic heterocycles. The Morgan fingerprint density at radius 3 is 2.80 bits per heavy atom. The fraction of sp³-hybridized carbons (Fsp3) is 0.188. The Bertz CT molecular complexity index is 749. The van der Waals surface area contributed by atoms with Gasteiger partial charge < -0.3 is 9.14 Å². The van der Waals surface area contributed by atoms with Gasteiger partial charge in [-0.2, -0.15) is 0 Å². The van der Waals surface area contributed by atoms with E-state index in [4.69, 9.17) is 21.3 Å². The molecule has 1 unspecified atom stereocenters. The molecule has 20 heavy (non-hydrogen) atoms. The number of aromatic nitrogens is 2. The molecule has 0 aliphatic carbocycles. The molecule has 1 atom stereocenters. The fourth-order valence-corrected chi connectivity index (χ4v) is 2.59. The van der Waals surface area contributed by atoms with Crippen LogP contribution in [0.4, 0.5) is 0 Å². The van der Waals surface area contributed by atoms with Crippen molar-refractivity contribution in [3.8, 4) is 17.0 Å². The summed E-state index contributed by atoms with van der Waals surface area (Å²) < 4.78 is 7.32. The largest absolute Gasteiger partial charge is 0.497 e. The molecule has 3 nitrogen and oxygen atoms in total. The maximum absolute atomic E-state index is 6.36. The SMILES string of the molecule is COc1cccc(-c2nc3ccccn3c2C(C)Cl)c1. The topological polar surface area (TPSA) is 26.5 Å². The first kappa shape index (κ1) is 13.0. The van der Waals surface area contributed by atoms with Crippen LogP contribution in [0.5, 0.6) is 5.75 Å². The van der Waals surface area contributed by atoms with E-state index in [9.17, 15) is 0 Å². The van der Waals surface area contributed by atoms with Crippen LogP contribution in [-0.2, 0) is 0 Å². The van der Waals surface area contributed by atoms with Crippen LogP contribution in [0.15, 0.2) is 48.7 Å². The maximum Gasteiger partial charge on any atom is 0.137 e. The molecular formula is C16H15ClN2O. The number of ether oxygens (including phenoxy) is 1. The fourth-order valence-electron chi connectivity index (χ4n) is 2.38. The molecule has 1 aromatic carbocycles. The van der Waals surface area contributed by atoms with Crippen LogP contribution in [0.1, 0.15) is 18.0 Å². The Morgan fingerprint density at radius 2 is 2.05 bits per heavy atom. The van der Waals surface area contributed by atoms with E-state index in [2.05, 4.69) is 0 Å². The molecule has 0 spiro atoms. The lowest BCUT2D eigenvalue weighted by atomic mass is 10.1. The Balaban J connectivity index is 2.26. The van der Waals surface area contributed by atoms with Gasteiger partial charge in [0.15, 0.2) is 0 Å². The highest BCUT2D eigenvalue weighted by atomic mass is 35.5. The van der Waals surface area contributed by atoms with E-state index in [1.807, 2.05) is 60.0 Å².